The largest absolute Gasteiger partial charge is 0.339 e. The minimum Gasteiger partial charge on any atom is -0.339 e. The number of nitrogens with two attached hydrogens (primary N) is 1. The van der Waals surface area contributed by atoms with Crippen molar-refractivity contribution in [3.8, 4) is 0 Å². The number of halogens is 1. The molecule has 7 heteroatoms. The van der Waals surface area contributed by atoms with Crippen molar-refractivity contribution in [2.45, 2.75) is 31.6 Å². The molecule has 1 amide bonds. The fraction of sp³-hybridized carbons (Fsp3) is 0.500. The quantitative estimate of drug-likeness (QED) is 0.901. The van der Waals surface area contributed by atoms with Gasteiger partial charge in [-0.1, -0.05) is 6.92 Å². The number of rotatable bonds is 2. The van der Waals surface area contributed by atoms with Crippen molar-refractivity contribution in [2.75, 3.05) is 13.1 Å². The van der Waals surface area contributed by atoms with Crippen LogP contribution in [0.15, 0.2) is 17.0 Å². The van der Waals surface area contributed by atoms with Crippen LogP contribution < -0.4 is 5.14 Å². The van der Waals surface area contributed by atoms with Crippen LogP contribution in [0, 0.1) is 18.7 Å². The van der Waals surface area contributed by atoms with Crippen molar-refractivity contribution >= 4 is 15.9 Å². The molecule has 0 saturated carbocycles. The molecule has 0 unspecified atom stereocenters. The smallest absolute Gasteiger partial charge is 0.254 e. The zero-order valence-corrected chi connectivity index (χ0v) is 12.9. The van der Waals surface area contributed by atoms with Gasteiger partial charge in [0.2, 0.25) is 10.0 Å². The number of carbonyl (C=O) groups excluding carboxylic acids is 1. The lowest BCUT2D eigenvalue weighted by atomic mass is 9.98. The third-order valence-electron chi connectivity index (χ3n) is 3.93. The van der Waals surface area contributed by atoms with Crippen molar-refractivity contribution in [1.29, 1.82) is 0 Å². The Labute approximate surface area is 124 Å². The van der Waals surface area contributed by atoms with Gasteiger partial charge in [0, 0.05) is 18.7 Å². The van der Waals surface area contributed by atoms with Crippen LogP contribution >= 0.6 is 0 Å². The van der Waals surface area contributed by atoms with Gasteiger partial charge in [0.15, 0.2) is 0 Å². The summed E-state index contributed by atoms with van der Waals surface area (Å²) >= 11 is 0. The molecule has 0 spiro atoms. The first-order chi connectivity index (χ1) is 9.70. The van der Waals surface area contributed by atoms with E-state index in [1.165, 1.54) is 6.92 Å². The minimum absolute atomic E-state index is 0.0635. The van der Waals surface area contributed by atoms with E-state index in [4.69, 9.17) is 5.14 Å². The zero-order chi connectivity index (χ0) is 15.8. The summed E-state index contributed by atoms with van der Waals surface area (Å²) < 4.78 is 36.6. The summed E-state index contributed by atoms with van der Waals surface area (Å²) in [5.41, 5.74) is 0.260. The van der Waals surface area contributed by atoms with E-state index in [1.807, 2.05) is 0 Å². The highest BCUT2D eigenvalue weighted by Gasteiger charge is 2.25. The van der Waals surface area contributed by atoms with Gasteiger partial charge >= 0.3 is 0 Å². The van der Waals surface area contributed by atoms with Crippen molar-refractivity contribution in [2.24, 2.45) is 11.1 Å². The predicted octanol–water partition coefficient (Wildman–Crippen LogP) is 1.65. The van der Waals surface area contributed by atoms with Gasteiger partial charge in [0.25, 0.3) is 5.91 Å². The Balaban J connectivity index is 2.40. The maximum atomic E-state index is 13.6. The molecule has 0 aliphatic carbocycles. The second-order valence-electron chi connectivity index (χ2n) is 5.60. The third-order valence-corrected chi connectivity index (χ3v) is 4.97. The van der Waals surface area contributed by atoms with Gasteiger partial charge in [0.05, 0.1) is 4.90 Å². The summed E-state index contributed by atoms with van der Waals surface area (Å²) in [6.45, 7) is 4.79. The number of amides is 1. The molecule has 1 aromatic rings. The number of sulfonamides is 1. The number of hydrogen-bond acceptors (Lipinski definition) is 3. The normalized spacial score (nSPS) is 17.0. The highest BCUT2D eigenvalue weighted by atomic mass is 32.2. The van der Waals surface area contributed by atoms with E-state index in [-0.39, 0.29) is 21.9 Å². The summed E-state index contributed by atoms with van der Waals surface area (Å²) in [6.07, 6.45) is 1.78. The number of piperidine rings is 1. The molecule has 1 aliphatic rings. The summed E-state index contributed by atoms with van der Waals surface area (Å²) in [5, 5.41) is 5.07. The average Bonchev–Trinajstić information content (AvgIpc) is 2.40. The van der Waals surface area contributed by atoms with Crippen molar-refractivity contribution in [1.82, 2.24) is 4.90 Å². The van der Waals surface area contributed by atoms with Gasteiger partial charge in [-0.25, -0.2) is 17.9 Å². The Morgan fingerprint density at radius 1 is 1.33 bits per heavy atom. The Morgan fingerprint density at radius 3 is 2.43 bits per heavy atom. The molecule has 21 heavy (non-hydrogen) atoms. The van der Waals surface area contributed by atoms with Gasteiger partial charge < -0.3 is 4.90 Å². The first-order valence-electron chi connectivity index (χ1n) is 6.82. The molecule has 1 saturated heterocycles. The number of carbonyl (C=O) groups is 1. The Morgan fingerprint density at radius 2 is 1.90 bits per heavy atom. The molecule has 2 rings (SSSR count). The molecule has 1 aromatic carbocycles. The highest BCUT2D eigenvalue weighted by Crippen LogP contribution is 2.24. The Kier molecular flexibility index (Phi) is 4.34. The minimum atomic E-state index is -4.06. The van der Waals surface area contributed by atoms with Crippen LogP contribution in [0.3, 0.4) is 0 Å². The molecule has 0 atom stereocenters. The lowest BCUT2D eigenvalue weighted by Gasteiger charge is -2.30. The lowest BCUT2D eigenvalue weighted by molar-refractivity contribution is 0.0695. The van der Waals surface area contributed by atoms with Crippen LogP contribution in [-0.4, -0.2) is 32.3 Å². The molecule has 2 N–H and O–H groups in total. The maximum absolute atomic E-state index is 13.6. The van der Waals surface area contributed by atoms with Crippen LogP contribution in [0.4, 0.5) is 4.39 Å². The van der Waals surface area contributed by atoms with Gasteiger partial charge in [-0.05, 0) is 43.4 Å². The van der Waals surface area contributed by atoms with Crippen LogP contribution in [0.5, 0.6) is 0 Å². The predicted molar refractivity (Wildman–Crippen MR) is 76.8 cm³/mol. The first-order valence-corrected chi connectivity index (χ1v) is 8.37. The topological polar surface area (TPSA) is 80.5 Å². The van der Waals surface area contributed by atoms with Crippen LogP contribution in [-0.2, 0) is 10.0 Å². The van der Waals surface area contributed by atoms with E-state index in [0.29, 0.717) is 19.0 Å². The molecule has 116 valence electrons. The SMILES string of the molecule is Cc1c(C(=O)N2CCC(C)CC2)cc(F)cc1S(N)(=O)=O. The number of hydrogen-bond donors (Lipinski definition) is 1. The average molecular weight is 314 g/mol. The van der Waals surface area contributed by atoms with E-state index < -0.39 is 15.8 Å². The Hall–Kier alpha value is -1.47. The van der Waals surface area contributed by atoms with Gasteiger partial charge in [-0.3, -0.25) is 4.79 Å². The molecule has 0 bridgehead atoms. The molecule has 0 radical (unpaired) electrons. The summed E-state index contributed by atoms with van der Waals surface area (Å²) in [7, 11) is -4.06. The zero-order valence-electron chi connectivity index (χ0n) is 12.1. The second kappa shape index (κ2) is 5.73. The van der Waals surface area contributed by atoms with Gasteiger partial charge in [0.1, 0.15) is 5.82 Å². The number of primary sulfonamides is 1. The van der Waals surface area contributed by atoms with E-state index in [1.54, 1.807) is 4.90 Å². The summed E-state index contributed by atoms with van der Waals surface area (Å²) in [6, 6.07) is 1.92. The molecule has 1 heterocycles. The lowest BCUT2D eigenvalue weighted by Crippen LogP contribution is -2.38. The Bertz CT molecular complexity index is 665. The number of nitrogens with zero attached hydrogens (tertiary/aromatic N) is 1. The van der Waals surface area contributed by atoms with E-state index in [0.717, 1.165) is 25.0 Å². The monoisotopic (exact) mass is 314 g/mol. The van der Waals surface area contributed by atoms with Crippen LogP contribution in [0.25, 0.3) is 0 Å². The molecular formula is C14H19FN2O3S. The molecule has 1 aliphatic heterocycles. The highest BCUT2D eigenvalue weighted by molar-refractivity contribution is 7.89. The summed E-state index contributed by atoms with van der Waals surface area (Å²) in [4.78, 5) is 13.8. The van der Waals surface area contributed by atoms with Crippen molar-refractivity contribution in [3.63, 3.8) is 0 Å². The van der Waals surface area contributed by atoms with Crippen LogP contribution in [0.1, 0.15) is 35.7 Å². The fourth-order valence-electron chi connectivity index (χ4n) is 2.55. The first kappa shape index (κ1) is 15.9. The second-order valence-corrected chi connectivity index (χ2v) is 7.13. The molecular weight excluding hydrogens is 295 g/mol. The van der Waals surface area contributed by atoms with Gasteiger partial charge in [-0.15, -0.1) is 0 Å². The van der Waals surface area contributed by atoms with E-state index in [9.17, 15) is 17.6 Å². The molecule has 1 fully saturated rings. The maximum Gasteiger partial charge on any atom is 0.254 e. The summed E-state index contributed by atoms with van der Waals surface area (Å²) in [5.74, 6) is -0.565. The van der Waals surface area contributed by atoms with Crippen molar-refractivity contribution in [3.05, 3.63) is 29.1 Å². The molecule has 0 aromatic heterocycles. The molecule has 5 nitrogen and oxygen atoms in total. The van der Waals surface area contributed by atoms with Crippen LogP contribution in [0.2, 0.25) is 0 Å². The number of likely N-dealkylation sites (tertiary alicyclic amines) is 1. The fourth-order valence-corrected chi connectivity index (χ4v) is 3.37. The standard InChI is InChI=1S/C14H19FN2O3S/c1-9-3-5-17(6-4-9)14(18)12-7-11(15)8-13(10(12)2)21(16,19)20/h7-9H,3-6H2,1-2H3,(H2,16,19,20). The van der Waals surface area contributed by atoms with Crippen molar-refractivity contribution < 1.29 is 17.6 Å². The third kappa shape index (κ3) is 3.41. The van der Waals surface area contributed by atoms with E-state index >= 15 is 0 Å². The van der Waals surface area contributed by atoms with E-state index in [2.05, 4.69) is 6.92 Å². The number of benzene rings is 1. The van der Waals surface area contributed by atoms with Gasteiger partial charge in [-0.2, -0.15) is 0 Å².